The second-order valence-electron chi connectivity index (χ2n) is 1.09. The minimum Gasteiger partial charge on any atom is -0.370 e. The minimum absolute atomic E-state index is 0.245. The Kier molecular flexibility index (Phi) is 13.2. The molecule has 0 bridgehead atoms. The summed E-state index contributed by atoms with van der Waals surface area (Å²) in [5.41, 5.74) is 4.65. The summed E-state index contributed by atoms with van der Waals surface area (Å²) in [7, 11) is 0. The monoisotopic (exact) mass is 137 g/mol. The summed E-state index contributed by atoms with van der Waals surface area (Å²) in [6.45, 7) is 3.61. The van der Waals surface area contributed by atoms with Crippen molar-refractivity contribution in [3.8, 4) is 0 Å². The van der Waals surface area contributed by atoms with Gasteiger partial charge in [-0.25, -0.2) is 0 Å². The van der Waals surface area contributed by atoms with Gasteiger partial charge in [0.05, 0.1) is 0 Å². The molecule has 1 amide bonds. The van der Waals surface area contributed by atoms with Crippen LogP contribution in [0.4, 0.5) is 0 Å². The second kappa shape index (κ2) is 9.90. The zero-order valence-corrected chi connectivity index (χ0v) is 6.03. The van der Waals surface area contributed by atoms with E-state index in [2.05, 4.69) is 5.73 Å². The van der Waals surface area contributed by atoms with Crippen molar-refractivity contribution in [3.05, 3.63) is 0 Å². The van der Waals surface area contributed by atoms with Crippen LogP contribution in [-0.2, 0) is 4.79 Å². The maximum Gasteiger partial charge on any atom is 0.217 e. The summed E-state index contributed by atoms with van der Waals surface area (Å²) in [4.78, 5) is 9.59. The Morgan fingerprint density at radius 3 is 1.75 bits per heavy atom. The number of rotatable bonds is 1. The van der Waals surface area contributed by atoms with E-state index >= 15 is 0 Å². The summed E-state index contributed by atoms with van der Waals surface area (Å²) < 4.78 is 0. The largest absolute Gasteiger partial charge is 0.370 e. The fourth-order valence-electron chi connectivity index (χ4n) is 0. The fraction of sp³-hybridized carbons (Fsp3) is 0.800. The number of hydrogen-bond acceptors (Lipinski definition) is 1. The van der Waals surface area contributed by atoms with Crippen LogP contribution >= 0.6 is 11.6 Å². The van der Waals surface area contributed by atoms with Gasteiger partial charge in [0.25, 0.3) is 0 Å². The van der Waals surface area contributed by atoms with E-state index in [1.807, 2.05) is 6.92 Å². The molecule has 0 saturated heterocycles. The number of halogens is 1. The van der Waals surface area contributed by atoms with Crippen LogP contribution in [0.1, 0.15) is 20.3 Å². The first kappa shape index (κ1) is 10.7. The molecule has 0 fully saturated rings. The Hall–Kier alpha value is -0.240. The topological polar surface area (TPSA) is 43.1 Å². The lowest BCUT2D eigenvalue weighted by atomic mass is 10.5. The second-order valence-corrected chi connectivity index (χ2v) is 1.62. The average Bonchev–Trinajstić information content (AvgIpc) is 1.69. The van der Waals surface area contributed by atoms with Crippen molar-refractivity contribution in [2.45, 2.75) is 20.3 Å². The summed E-state index contributed by atoms with van der Waals surface area (Å²) in [6, 6.07) is 0. The van der Waals surface area contributed by atoms with Crippen molar-refractivity contribution in [2.75, 3.05) is 5.88 Å². The summed E-state index contributed by atoms with van der Waals surface area (Å²) in [5.74, 6) is 0.477. The van der Waals surface area contributed by atoms with Gasteiger partial charge in [0.2, 0.25) is 5.91 Å². The maximum absolute atomic E-state index is 9.59. The quantitative estimate of drug-likeness (QED) is 0.541. The van der Waals surface area contributed by atoms with Crippen LogP contribution in [0.3, 0.4) is 0 Å². The molecule has 0 rings (SSSR count). The number of primary amides is 1. The molecule has 0 unspecified atom stereocenters. The standard InChI is InChI=1S/C3H7NO.C2H5Cl/c1-2-3(4)5;1-2-3/h2H2,1H3,(H2,4,5);2H2,1H3. The molecule has 0 aromatic rings. The predicted molar refractivity (Wildman–Crippen MR) is 35.9 cm³/mol. The van der Waals surface area contributed by atoms with Crippen LogP contribution < -0.4 is 5.73 Å². The molecule has 0 heterocycles. The van der Waals surface area contributed by atoms with Crippen molar-refractivity contribution in [2.24, 2.45) is 5.73 Å². The van der Waals surface area contributed by atoms with Crippen molar-refractivity contribution in [1.82, 2.24) is 0 Å². The molecule has 3 heteroatoms. The third-order valence-electron chi connectivity index (χ3n) is 0.348. The van der Waals surface area contributed by atoms with Crippen LogP contribution in [0.15, 0.2) is 0 Å². The van der Waals surface area contributed by atoms with Gasteiger partial charge in [-0.2, -0.15) is 0 Å². The molecule has 2 nitrogen and oxygen atoms in total. The molecule has 0 aromatic carbocycles. The zero-order valence-electron chi connectivity index (χ0n) is 5.28. The van der Waals surface area contributed by atoms with Crippen LogP contribution in [0, 0.1) is 0 Å². The van der Waals surface area contributed by atoms with E-state index in [1.165, 1.54) is 0 Å². The molecule has 0 saturated carbocycles. The Bertz CT molecular complexity index is 56.4. The molecule has 0 radical (unpaired) electrons. The minimum atomic E-state index is -0.245. The molecule has 50 valence electrons. The molecule has 0 spiro atoms. The van der Waals surface area contributed by atoms with Crippen LogP contribution in [0.2, 0.25) is 0 Å². The van der Waals surface area contributed by atoms with Gasteiger partial charge < -0.3 is 5.73 Å². The lowest BCUT2D eigenvalue weighted by Gasteiger charge is -1.73. The lowest BCUT2D eigenvalue weighted by Crippen LogP contribution is -2.06. The van der Waals surface area contributed by atoms with Gasteiger partial charge in [-0.05, 0) is 0 Å². The summed E-state index contributed by atoms with van der Waals surface area (Å²) >= 11 is 5.00. The van der Waals surface area contributed by atoms with E-state index in [0.717, 1.165) is 5.88 Å². The smallest absolute Gasteiger partial charge is 0.217 e. The first-order valence-electron chi connectivity index (χ1n) is 2.53. The van der Waals surface area contributed by atoms with Crippen LogP contribution in [0.5, 0.6) is 0 Å². The molecular formula is C5H12ClNO. The van der Waals surface area contributed by atoms with E-state index in [-0.39, 0.29) is 5.91 Å². The maximum atomic E-state index is 9.59. The Morgan fingerprint density at radius 1 is 1.62 bits per heavy atom. The number of nitrogens with two attached hydrogens (primary N) is 1. The number of hydrogen-bond donors (Lipinski definition) is 1. The van der Waals surface area contributed by atoms with E-state index in [4.69, 9.17) is 11.6 Å². The van der Waals surface area contributed by atoms with Gasteiger partial charge in [0.15, 0.2) is 0 Å². The highest BCUT2D eigenvalue weighted by molar-refractivity contribution is 6.17. The van der Waals surface area contributed by atoms with Gasteiger partial charge in [-0.3, -0.25) is 4.79 Å². The third kappa shape index (κ3) is 42.1. The molecule has 8 heavy (non-hydrogen) atoms. The number of carbonyl (C=O) groups excluding carboxylic acids is 1. The summed E-state index contributed by atoms with van der Waals surface area (Å²) in [5, 5.41) is 0. The molecule has 0 aromatic heterocycles. The van der Waals surface area contributed by atoms with Crippen LogP contribution in [0.25, 0.3) is 0 Å². The third-order valence-corrected chi connectivity index (χ3v) is 0.348. The first-order valence-corrected chi connectivity index (χ1v) is 3.06. The van der Waals surface area contributed by atoms with E-state index in [9.17, 15) is 4.79 Å². The molecular weight excluding hydrogens is 126 g/mol. The number of amides is 1. The zero-order chi connectivity index (χ0) is 6.99. The van der Waals surface area contributed by atoms with Crippen LogP contribution in [-0.4, -0.2) is 11.8 Å². The van der Waals surface area contributed by atoms with Gasteiger partial charge >= 0.3 is 0 Å². The fourth-order valence-corrected chi connectivity index (χ4v) is 0. The van der Waals surface area contributed by atoms with Gasteiger partial charge in [0.1, 0.15) is 0 Å². The first-order chi connectivity index (χ1) is 3.68. The number of carbonyl (C=O) groups is 1. The Labute approximate surface area is 55.0 Å². The molecule has 0 aliphatic carbocycles. The van der Waals surface area contributed by atoms with Gasteiger partial charge in [-0.15, -0.1) is 11.6 Å². The molecule has 2 N–H and O–H groups in total. The van der Waals surface area contributed by atoms with E-state index in [0.29, 0.717) is 6.42 Å². The predicted octanol–water partition coefficient (Wildman–Crippen LogP) is 1.13. The van der Waals surface area contributed by atoms with Crippen molar-refractivity contribution >= 4 is 17.5 Å². The van der Waals surface area contributed by atoms with E-state index in [1.54, 1.807) is 6.92 Å². The molecule has 0 aliphatic rings. The van der Waals surface area contributed by atoms with Crippen molar-refractivity contribution in [1.29, 1.82) is 0 Å². The van der Waals surface area contributed by atoms with E-state index < -0.39 is 0 Å². The molecule has 0 aliphatic heterocycles. The molecule has 0 atom stereocenters. The van der Waals surface area contributed by atoms with Gasteiger partial charge in [-0.1, -0.05) is 13.8 Å². The Morgan fingerprint density at radius 2 is 1.75 bits per heavy atom. The number of alkyl halides is 1. The highest BCUT2D eigenvalue weighted by Gasteiger charge is 1.77. The van der Waals surface area contributed by atoms with Crippen molar-refractivity contribution < 1.29 is 4.79 Å². The lowest BCUT2D eigenvalue weighted by molar-refractivity contribution is -0.117. The summed E-state index contributed by atoms with van der Waals surface area (Å²) in [6.07, 6.45) is 0.444. The van der Waals surface area contributed by atoms with Gasteiger partial charge in [0, 0.05) is 12.3 Å². The SMILES string of the molecule is CCC(N)=O.CCCl. The highest BCUT2D eigenvalue weighted by Crippen LogP contribution is 1.63. The highest BCUT2D eigenvalue weighted by atomic mass is 35.5. The Balaban J connectivity index is 0. The average molecular weight is 138 g/mol. The normalized spacial score (nSPS) is 6.88. The van der Waals surface area contributed by atoms with Crippen molar-refractivity contribution in [3.63, 3.8) is 0 Å².